The molecule has 1 aliphatic rings. The average Bonchev–Trinajstić information content (AvgIpc) is 2.30. The number of benzene rings is 1. The summed E-state index contributed by atoms with van der Waals surface area (Å²) in [7, 11) is 1.95. The van der Waals surface area contributed by atoms with Crippen molar-refractivity contribution in [2.24, 2.45) is 0 Å². The predicted molar refractivity (Wildman–Crippen MR) is 63.0 cm³/mol. The summed E-state index contributed by atoms with van der Waals surface area (Å²) in [5.41, 5.74) is 0.616. The summed E-state index contributed by atoms with van der Waals surface area (Å²) < 4.78 is 0. The highest BCUT2D eigenvalue weighted by Gasteiger charge is 2.24. The summed E-state index contributed by atoms with van der Waals surface area (Å²) in [6.07, 6.45) is 0. The lowest BCUT2D eigenvalue weighted by Gasteiger charge is -2.33. The molecule has 2 rings (SSSR count). The molecule has 0 spiro atoms. The minimum absolute atomic E-state index is 0.0109. The van der Waals surface area contributed by atoms with Gasteiger partial charge in [0.1, 0.15) is 5.75 Å². The zero-order valence-corrected chi connectivity index (χ0v) is 9.59. The molecule has 1 fully saturated rings. The number of hydrogen-bond acceptors (Lipinski definition) is 5. The Kier molecular flexibility index (Phi) is 3.26. The zero-order valence-electron chi connectivity index (χ0n) is 9.59. The molecule has 1 atom stereocenters. The number of phenols is 1. The van der Waals surface area contributed by atoms with Crippen LogP contribution in [0.1, 0.15) is 11.6 Å². The molecule has 6 heteroatoms. The number of nitrogens with zero attached hydrogens (tertiary/aromatic N) is 2. The van der Waals surface area contributed by atoms with Crippen LogP contribution in [-0.4, -0.2) is 41.6 Å². The van der Waals surface area contributed by atoms with Crippen molar-refractivity contribution in [1.82, 2.24) is 10.2 Å². The number of likely N-dealkylation sites (N-methyl/N-ethyl adjacent to an activating group) is 1. The second-order valence-corrected chi connectivity index (χ2v) is 4.20. The number of piperazine rings is 1. The van der Waals surface area contributed by atoms with Crippen LogP contribution in [0.2, 0.25) is 0 Å². The molecule has 0 amide bonds. The first-order valence-corrected chi connectivity index (χ1v) is 5.48. The summed E-state index contributed by atoms with van der Waals surface area (Å²) in [4.78, 5) is 12.4. The molecule has 6 nitrogen and oxygen atoms in total. The number of nitrogens with one attached hydrogen (secondary N) is 1. The molecule has 1 saturated heterocycles. The van der Waals surface area contributed by atoms with Crippen LogP contribution < -0.4 is 5.32 Å². The predicted octanol–water partition coefficient (Wildman–Crippen LogP) is 0.876. The fraction of sp³-hybridized carbons (Fsp3) is 0.455. The van der Waals surface area contributed by atoms with Gasteiger partial charge in [0, 0.05) is 37.3 Å². The highest BCUT2D eigenvalue weighted by atomic mass is 16.6. The van der Waals surface area contributed by atoms with Gasteiger partial charge in [0.15, 0.2) is 0 Å². The van der Waals surface area contributed by atoms with E-state index < -0.39 is 4.92 Å². The number of phenolic OH excluding ortho intramolecular Hbond substituents is 1. The average molecular weight is 237 g/mol. The molecule has 0 aliphatic carbocycles. The standard InChI is InChI=1S/C11H15N3O3/c1-13-5-4-12-7-10(13)9-6-8(14(16)17)2-3-11(9)15/h2-3,6,10,12,15H,4-5,7H2,1H3. The third kappa shape index (κ3) is 2.37. The van der Waals surface area contributed by atoms with Gasteiger partial charge in [-0.15, -0.1) is 0 Å². The van der Waals surface area contributed by atoms with Crippen molar-refractivity contribution in [2.45, 2.75) is 6.04 Å². The molecule has 0 bridgehead atoms. The van der Waals surface area contributed by atoms with E-state index in [0.717, 1.165) is 13.1 Å². The Balaban J connectivity index is 2.35. The van der Waals surface area contributed by atoms with Crippen LogP contribution in [-0.2, 0) is 0 Å². The van der Waals surface area contributed by atoms with E-state index in [0.29, 0.717) is 12.1 Å². The van der Waals surface area contributed by atoms with Crippen molar-refractivity contribution in [3.8, 4) is 5.75 Å². The topological polar surface area (TPSA) is 78.6 Å². The van der Waals surface area contributed by atoms with E-state index in [1.54, 1.807) is 0 Å². The van der Waals surface area contributed by atoms with Gasteiger partial charge in [-0.2, -0.15) is 0 Å². The largest absolute Gasteiger partial charge is 0.508 e. The van der Waals surface area contributed by atoms with Gasteiger partial charge in [-0.05, 0) is 13.1 Å². The minimum atomic E-state index is -0.445. The fourth-order valence-corrected chi connectivity index (χ4v) is 2.08. The molecule has 0 saturated carbocycles. The molecule has 0 aromatic heterocycles. The number of non-ortho nitro benzene ring substituents is 1. The maximum absolute atomic E-state index is 10.7. The summed E-state index contributed by atoms with van der Waals surface area (Å²) in [6.45, 7) is 2.43. The van der Waals surface area contributed by atoms with Gasteiger partial charge < -0.3 is 10.4 Å². The number of hydrogen-bond donors (Lipinski definition) is 2. The van der Waals surface area contributed by atoms with Crippen molar-refractivity contribution in [3.63, 3.8) is 0 Å². The summed E-state index contributed by atoms with van der Waals surface area (Å²) >= 11 is 0. The third-order valence-corrected chi connectivity index (χ3v) is 3.09. The van der Waals surface area contributed by atoms with Crippen LogP contribution in [0.15, 0.2) is 18.2 Å². The number of aromatic hydroxyl groups is 1. The van der Waals surface area contributed by atoms with Crippen LogP contribution in [0.3, 0.4) is 0 Å². The maximum atomic E-state index is 10.7. The number of nitro groups is 1. The van der Waals surface area contributed by atoms with Gasteiger partial charge in [0.05, 0.1) is 11.0 Å². The monoisotopic (exact) mass is 237 g/mol. The van der Waals surface area contributed by atoms with Crippen LogP contribution in [0, 0.1) is 10.1 Å². The van der Waals surface area contributed by atoms with E-state index in [9.17, 15) is 15.2 Å². The van der Waals surface area contributed by atoms with E-state index in [1.807, 2.05) is 7.05 Å². The van der Waals surface area contributed by atoms with E-state index in [1.165, 1.54) is 18.2 Å². The smallest absolute Gasteiger partial charge is 0.270 e. The molecular weight excluding hydrogens is 222 g/mol. The van der Waals surface area contributed by atoms with E-state index in [4.69, 9.17) is 0 Å². The van der Waals surface area contributed by atoms with Gasteiger partial charge >= 0.3 is 0 Å². The first-order chi connectivity index (χ1) is 8.09. The Morgan fingerprint density at radius 3 is 3.00 bits per heavy atom. The van der Waals surface area contributed by atoms with Crippen molar-refractivity contribution >= 4 is 5.69 Å². The zero-order chi connectivity index (χ0) is 12.4. The van der Waals surface area contributed by atoms with Crippen LogP contribution in [0.5, 0.6) is 5.75 Å². The second kappa shape index (κ2) is 4.68. The lowest BCUT2D eigenvalue weighted by Crippen LogP contribution is -2.43. The first kappa shape index (κ1) is 11.8. The SMILES string of the molecule is CN1CCNCC1c1cc([N+](=O)[O-])ccc1O. The summed E-state index contributed by atoms with van der Waals surface area (Å²) in [5, 5.41) is 23.8. The third-order valence-electron chi connectivity index (χ3n) is 3.09. The van der Waals surface area contributed by atoms with Crippen molar-refractivity contribution in [3.05, 3.63) is 33.9 Å². The Bertz CT molecular complexity index is 436. The number of rotatable bonds is 2. The van der Waals surface area contributed by atoms with Gasteiger partial charge in [0.25, 0.3) is 5.69 Å². The quantitative estimate of drug-likeness (QED) is 0.589. The molecule has 17 heavy (non-hydrogen) atoms. The molecule has 92 valence electrons. The first-order valence-electron chi connectivity index (χ1n) is 5.48. The molecule has 2 N–H and O–H groups in total. The van der Waals surface area contributed by atoms with Gasteiger partial charge in [-0.1, -0.05) is 0 Å². The lowest BCUT2D eigenvalue weighted by molar-refractivity contribution is -0.385. The minimum Gasteiger partial charge on any atom is -0.508 e. The Morgan fingerprint density at radius 2 is 2.35 bits per heavy atom. The fourth-order valence-electron chi connectivity index (χ4n) is 2.08. The van der Waals surface area contributed by atoms with Crippen LogP contribution >= 0.6 is 0 Å². The van der Waals surface area contributed by atoms with Crippen LogP contribution in [0.4, 0.5) is 5.69 Å². The Labute approximate surface area is 99.0 Å². The normalized spacial score (nSPS) is 21.4. The van der Waals surface area contributed by atoms with Gasteiger partial charge in [-0.3, -0.25) is 15.0 Å². The van der Waals surface area contributed by atoms with Gasteiger partial charge in [0.2, 0.25) is 0 Å². The molecule has 0 radical (unpaired) electrons. The molecule has 1 aliphatic heterocycles. The van der Waals surface area contributed by atoms with E-state index >= 15 is 0 Å². The molecule has 1 aromatic carbocycles. The summed E-state index contributed by atoms with van der Waals surface area (Å²) in [5.74, 6) is 0.108. The molecule has 1 unspecified atom stereocenters. The highest BCUT2D eigenvalue weighted by Crippen LogP contribution is 2.31. The van der Waals surface area contributed by atoms with Crippen molar-refractivity contribution in [2.75, 3.05) is 26.7 Å². The van der Waals surface area contributed by atoms with Crippen LogP contribution in [0.25, 0.3) is 0 Å². The van der Waals surface area contributed by atoms with E-state index in [-0.39, 0.29) is 17.5 Å². The van der Waals surface area contributed by atoms with Gasteiger partial charge in [-0.25, -0.2) is 0 Å². The maximum Gasteiger partial charge on any atom is 0.270 e. The lowest BCUT2D eigenvalue weighted by atomic mass is 10.0. The number of nitro benzene ring substituents is 1. The molecular formula is C11H15N3O3. The second-order valence-electron chi connectivity index (χ2n) is 4.20. The van der Waals surface area contributed by atoms with Crippen molar-refractivity contribution < 1.29 is 10.0 Å². The van der Waals surface area contributed by atoms with E-state index in [2.05, 4.69) is 10.2 Å². The summed E-state index contributed by atoms with van der Waals surface area (Å²) in [6, 6.07) is 4.12. The highest BCUT2D eigenvalue weighted by molar-refractivity contribution is 5.45. The Morgan fingerprint density at radius 1 is 1.59 bits per heavy atom. The molecule has 1 aromatic rings. The molecule has 1 heterocycles. The Hall–Kier alpha value is -1.66. The van der Waals surface area contributed by atoms with Crippen molar-refractivity contribution in [1.29, 1.82) is 0 Å².